The predicted octanol–water partition coefficient (Wildman–Crippen LogP) is 3.44. The number of hydrogen-bond donors (Lipinski definition) is 2. The van der Waals surface area contributed by atoms with E-state index in [4.69, 9.17) is 4.42 Å². The second-order valence-electron chi connectivity index (χ2n) is 7.58. The van der Waals surface area contributed by atoms with Gasteiger partial charge < -0.3 is 20.0 Å². The Kier molecular flexibility index (Phi) is 5.68. The summed E-state index contributed by atoms with van der Waals surface area (Å²) in [5, 5.41) is 8.44. The van der Waals surface area contributed by atoms with Crippen LogP contribution in [0.4, 0.5) is 0 Å². The molecule has 0 fully saturated rings. The standard InChI is InChI=1S/C24H25N3O3/c1-27(2)24(29)22-11-9-19(30-22)15-26-23(28)17-8-10-21-16(13-17)5-3-7-20(21)18-6-4-12-25-14-18/h3,5-11,13,25H,4,12,14-15H2,1-2H3,(H,26,28). The van der Waals surface area contributed by atoms with Crippen molar-refractivity contribution in [2.24, 2.45) is 0 Å². The summed E-state index contributed by atoms with van der Waals surface area (Å²) in [6, 6.07) is 15.3. The minimum Gasteiger partial charge on any atom is -0.454 e. The number of nitrogens with one attached hydrogen (secondary N) is 2. The van der Waals surface area contributed by atoms with Gasteiger partial charge in [-0.25, -0.2) is 0 Å². The maximum atomic E-state index is 12.6. The molecule has 0 atom stereocenters. The highest BCUT2D eigenvalue weighted by Crippen LogP contribution is 2.27. The Morgan fingerprint density at radius 1 is 1.13 bits per heavy atom. The summed E-state index contributed by atoms with van der Waals surface area (Å²) in [5.41, 5.74) is 3.09. The van der Waals surface area contributed by atoms with Crippen molar-refractivity contribution < 1.29 is 14.0 Å². The number of carbonyl (C=O) groups excluding carboxylic acids is 2. The summed E-state index contributed by atoms with van der Waals surface area (Å²) in [6.07, 6.45) is 3.31. The number of carbonyl (C=O) groups is 2. The van der Waals surface area contributed by atoms with Crippen molar-refractivity contribution in [3.8, 4) is 0 Å². The fraction of sp³-hybridized carbons (Fsp3) is 0.250. The molecule has 0 bridgehead atoms. The first kappa shape index (κ1) is 19.9. The van der Waals surface area contributed by atoms with E-state index in [0.717, 1.165) is 30.3 Å². The van der Waals surface area contributed by atoms with E-state index < -0.39 is 0 Å². The van der Waals surface area contributed by atoms with E-state index in [0.29, 0.717) is 11.3 Å². The van der Waals surface area contributed by atoms with Gasteiger partial charge in [-0.15, -0.1) is 0 Å². The summed E-state index contributed by atoms with van der Waals surface area (Å²) in [5.74, 6) is 0.404. The molecule has 2 N–H and O–H groups in total. The number of hydrogen-bond acceptors (Lipinski definition) is 4. The van der Waals surface area contributed by atoms with E-state index in [9.17, 15) is 9.59 Å². The van der Waals surface area contributed by atoms with Crippen LogP contribution in [0.5, 0.6) is 0 Å². The lowest BCUT2D eigenvalue weighted by Crippen LogP contribution is -2.23. The second-order valence-corrected chi connectivity index (χ2v) is 7.58. The summed E-state index contributed by atoms with van der Waals surface area (Å²) >= 11 is 0. The molecule has 3 aromatic rings. The van der Waals surface area contributed by atoms with Crippen molar-refractivity contribution in [1.29, 1.82) is 0 Å². The largest absolute Gasteiger partial charge is 0.454 e. The van der Waals surface area contributed by atoms with E-state index in [1.807, 2.05) is 30.3 Å². The van der Waals surface area contributed by atoms with E-state index in [-0.39, 0.29) is 24.1 Å². The zero-order valence-corrected chi connectivity index (χ0v) is 17.2. The first-order valence-corrected chi connectivity index (χ1v) is 10.0. The van der Waals surface area contributed by atoms with Crippen molar-refractivity contribution in [3.05, 3.63) is 77.3 Å². The Balaban J connectivity index is 1.49. The van der Waals surface area contributed by atoms with Gasteiger partial charge in [0.15, 0.2) is 5.76 Å². The van der Waals surface area contributed by atoms with Crippen LogP contribution >= 0.6 is 0 Å². The molecule has 1 aliphatic heterocycles. The van der Waals surface area contributed by atoms with E-state index in [1.54, 1.807) is 26.2 Å². The van der Waals surface area contributed by atoms with Crippen LogP contribution in [0.15, 0.2) is 59.0 Å². The van der Waals surface area contributed by atoms with Gasteiger partial charge in [-0.1, -0.05) is 30.3 Å². The smallest absolute Gasteiger partial charge is 0.289 e. The molecule has 1 aliphatic rings. The number of rotatable bonds is 5. The van der Waals surface area contributed by atoms with Crippen LogP contribution in [0.25, 0.3) is 16.3 Å². The molecule has 2 heterocycles. The van der Waals surface area contributed by atoms with Gasteiger partial charge in [0.25, 0.3) is 11.8 Å². The van der Waals surface area contributed by atoms with Gasteiger partial charge in [0.05, 0.1) is 6.54 Å². The molecule has 0 unspecified atom stereocenters. The zero-order valence-electron chi connectivity index (χ0n) is 17.2. The first-order valence-electron chi connectivity index (χ1n) is 10.0. The number of amides is 2. The van der Waals surface area contributed by atoms with Crippen LogP contribution < -0.4 is 10.6 Å². The number of fused-ring (bicyclic) bond motifs is 1. The van der Waals surface area contributed by atoms with Crippen LogP contribution in [0.1, 0.15) is 38.7 Å². The summed E-state index contributed by atoms with van der Waals surface area (Å²) in [6.45, 7) is 2.10. The van der Waals surface area contributed by atoms with Crippen molar-refractivity contribution in [3.63, 3.8) is 0 Å². The maximum absolute atomic E-state index is 12.6. The van der Waals surface area contributed by atoms with Crippen molar-refractivity contribution in [2.75, 3.05) is 27.2 Å². The highest BCUT2D eigenvalue weighted by molar-refractivity contribution is 6.01. The molecule has 0 aliphatic carbocycles. The molecule has 0 radical (unpaired) electrons. The Hall–Kier alpha value is -3.38. The SMILES string of the molecule is CN(C)C(=O)c1ccc(CNC(=O)c2ccc3c(C4=CCCNC4)cccc3c2)o1. The summed E-state index contributed by atoms with van der Waals surface area (Å²) < 4.78 is 5.53. The van der Waals surface area contributed by atoms with Crippen LogP contribution in [0, 0.1) is 0 Å². The normalized spacial score (nSPS) is 13.7. The second kappa shape index (κ2) is 8.55. The lowest BCUT2D eigenvalue weighted by atomic mass is 9.95. The van der Waals surface area contributed by atoms with Crippen LogP contribution in [-0.4, -0.2) is 43.9 Å². The molecule has 1 aromatic heterocycles. The van der Waals surface area contributed by atoms with Crippen molar-refractivity contribution >= 4 is 28.2 Å². The van der Waals surface area contributed by atoms with E-state index >= 15 is 0 Å². The summed E-state index contributed by atoms with van der Waals surface area (Å²) in [7, 11) is 3.33. The van der Waals surface area contributed by atoms with Gasteiger partial charge in [0.1, 0.15) is 5.76 Å². The average Bonchev–Trinajstić information content (AvgIpc) is 3.25. The topological polar surface area (TPSA) is 74.6 Å². The van der Waals surface area contributed by atoms with Crippen LogP contribution in [-0.2, 0) is 6.54 Å². The third-order valence-electron chi connectivity index (χ3n) is 5.22. The summed E-state index contributed by atoms with van der Waals surface area (Å²) in [4.78, 5) is 26.0. The highest BCUT2D eigenvalue weighted by Gasteiger charge is 2.15. The molecule has 0 saturated carbocycles. The molecule has 2 aromatic carbocycles. The van der Waals surface area contributed by atoms with Gasteiger partial charge in [-0.05, 0) is 59.1 Å². The van der Waals surface area contributed by atoms with Gasteiger partial charge in [0.2, 0.25) is 0 Å². The molecular weight excluding hydrogens is 378 g/mol. The maximum Gasteiger partial charge on any atom is 0.289 e. The fourth-order valence-electron chi connectivity index (χ4n) is 3.63. The molecule has 2 amide bonds. The molecule has 0 spiro atoms. The Labute approximate surface area is 175 Å². The molecular formula is C24H25N3O3. The van der Waals surface area contributed by atoms with E-state index in [1.165, 1.54) is 16.0 Å². The average molecular weight is 403 g/mol. The Bertz CT molecular complexity index is 1130. The minimum absolute atomic E-state index is 0.183. The van der Waals surface area contributed by atoms with Crippen LogP contribution in [0.3, 0.4) is 0 Å². The molecule has 154 valence electrons. The van der Waals surface area contributed by atoms with E-state index in [2.05, 4.69) is 22.8 Å². The third kappa shape index (κ3) is 4.14. The molecule has 6 nitrogen and oxygen atoms in total. The van der Waals surface area contributed by atoms with Crippen LogP contribution in [0.2, 0.25) is 0 Å². The lowest BCUT2D eigenvalue weighted by Gasteiger charge is -2.16. The zero-order chi connectivity index (χ0) is 21.1. The first-order chi connectivity index (χ1) is 14.5. The number of furan rings is 1. The monoisotopic (exact) mass is 403 g/mol. The molecule has 6 heteroatoms. The Morgan fingerprint density at radius 2 is 2.00 bits per heavy atom. The molecule has 4 rings (SSSR count). The van der Waals surface area contributed by atoms with Gasteiger partial charge >= 0.3 is 0 Å². The minimum atomic E-state index is -0.207. The number of nitrogens with zero attached hydrogens (tertiary/aromatic N) is 1. The quantitative estimate of drug-likeness (QED) is 0.684. The van der Waals surface area contributed by atoms with Gasteiger partial charge in [0, 0.05) is 26.2 Å². The molecule has 30 heavy (non-hydrogen) atoms. The van der Waals surface area contributed by atoms with Crippen molar-refractivity contribution in [2.45, 2.75) is 13.0 Å². The predicted molar refractivity (Wildman–Crippen MR) is 117 cm³/mol. The molecule has 0 saturated heterocycles. The van der Waals surface area contributed by atoms with Gasteiger partial charge in [-0.2, -0.15) is 0 Å². The highest BCUT2D eigenvalue weighted by atomic mass is 16.4. The van der Waals surface area contributed by atoms with Crippen molar-refractivity contribution in [1.82, 2.24) is 15.5 Å². The number of benzene rings is 2. The lowest BCUT2D eigenvalue weighted by molar-refractivity contribution is 0.0794. The third-order valence-corrected chi connectivity index (χ3v) is 5.22. The fourth-order valence-corrected chi connectivity index (χ4v) is 3.63. The van der Waals surface area contributed by atoms with Gasteiger partial charge in [-0.3, -0.25) is 9.59 Å². The Morgan fingerprint density at radius 3 is 2.77 bits per heavy atom.